The van der Waals surface area contributed by atoms with Crippen molar-refractivity contribution in [3.63, 3.8) is 0 Å². The second kappa shape index (κ2) is 8.92. The highest BCUT2D eigenvalue weighted by Crippen LogP contribution is 2.19. The number of pyridine rings is 1. The molecule has 2 heterocycles. The van der Waals surface area contributed by atoms with Crippen molar-refractivity contribution in [1.29, 1.82) is 0 Å². The smallest absolute Gasteiger partial charge is 0.341 e. The number of hydrogen-bond donors (Lipinski definition) is 1. The van der Waals surface area contributed by atoms with Gasteiger partial charge < -0.3 is 14.8 Å². The number of morpholine rings is 1. The normalized spacial score (nSPS) is 15.5. The summed E-state index contributed by atoms with van der Waals surface area (Å²) in [7, 11) is 0. The van der Waals surface area contributed by atoms with Crippen LogP contribution < -0.4 is 5.32 Å². The van der Waals surface area contributed by atoms with Crippen LogP contribution in [0.25, 0.3) is 0 Å². The van der Waals surface area contributed by atoms with Gasteiger partial charge >= 0.3 is 5.97 Å². The Labute approximate surface area is 135 Å². The highest BCUT2D eigenvalue weighted by Gasteiger charge is 2.14. The number of nitrogens with zero attached hydrogens (tertiary/aromatic N) is 2. The first-order valence-corrected chi connectivity index (χ1v) is 7.95. The number of carbonyl (C=O) groups excluding carboxylic acids is 1. The number of halogens is 1. The van der Waals surface area contributed by atoms with Gasteiger partial charge in [0.25, 0.3) is 0 Å². The molecule has 0 atom stereocenters. The van der Waals surface area contributed by atoms with E-state index in [2.05, 4.69) is 15.2 Å². The Bertz CT molecular complexity index is 493. The van der Waals surface area contributed by atoms with E-state index >= 15 is 0 Å². The largest absolute Gasteiger partial charge is 0.462 e. The minimum atomic E-state index is -0.387. The summed E-state index contributed by atoms with van der Waals surface area (Å²) in [5.41, 5.74) is 1.08. The molecule has 1 aliphatic rings. The molecule has 1 aliphatic heterocycles. The SMILES string of the molecule is CCOC(=O)c1cnc(Cl)cc1NCCCN1CCOCC1. The van der Waals surface area contributed by atoms with Crippen LogP contribution in [-0.2, 0) is 9.47 Å². The first-order chi connectivity index (χ1) is 10.7. The summed E-state index contributed by atoms with van der Waals surface area (Å²) in [6, 6.07) is 1.66. The van der Waals surface area contributed by atoms with E-state index in [4.69, 9.17) is 21.1 Å². The molecule has 22 heavy (non-hydrogen) atoms. The fourth-order valence-corrected chi connectivity index (χ4v) is 2.46. The lowest BCUT2D eigenvalue weighted by atomic mass is 10.2. The van der Waals surface area contributed by atoms with Crippen molar-refractivity contribution in [3.05, 3.63) is 23.0 Å². The van der Waals surface area contributed by atoms with Crippen molar-refractivity contribution in [3.8, 4) is 0 Å². The molecule has 1 aromatic rings. The van der Waals surface area contributed by atoms with Gasteiger partial charge in [-0.25, -0.2) is 9.78 Å². The van der Waals surface area contributed by atoms with Crippen LogP contribution in [-0.4, -0.2) is 61.9 Å². The number of rotatable bonds is 7. The predicted octanol–water partition coefficient (Wildman–Crippen LogP) is 2.05. The maximum atomic E-state index is 11.9. The summed E-state index contributed by atoms with van der Waals surface area (Å²) >= 11 is 5.91. The lowest BCUT2D eigenvalue weighted by Gasteiger charge is -2.26. The Morgan fingerprint density at radius 2 is 2.27 bits per heavy atom. The molecule has 1 fully saturated rings. The predicted molar refractivity (Wildman–Crippen MR) is 85.6 cm³/mol. The Morgan fingerprint density at radius 1 is 1.50 bits per heavy atom. The molecule has 7 heteroatoms. The molecule has 0 aliphatic carbocycles. The van der Waals surface area contributed by atoms with E-state index in [9.17, 15) is 4.79 Å². The lowest BCUT2D eigenvalue weighted by Crippen LogP contribution is -2.37. The fourth-order valence-electron chi connectivity index (χ4n) is 2.30. The van der Waals surface area contributed by atoms with Crippen LogP contribution in [0.5, 0.6) is 0 Å². The maximum Gasteiger partial charge on any atom is 0.341 e. The molecular weight excluding hydrogens is 306 g/mol. The highest BCUT2D eigenvalue weighted by atomic mass is 35.5. The molecule has 6 nitrogen and oxygen atoms in total. The average Bonchev–Trinajstić information content (AvgIpc) is 2.53. The van der Waals surface area contributed by atoms with E-state index in [0.717, 1.165) is 45.8 Å². The number of nitrogens with one attached hydrogen (secondary N) is 1. The number of hydrogen-bond acceptors (Lipinski definition) is 6. The first-order valence-electron chi connectivity index (χ1n) is 7.57. The van der Waals surface area contributed by atoms with Crippen molar-refractivity contribution in [2.75, 3.05) is 51.3 Å². The lowest BCUT2D eigenvalue weighted by molar-refractivity contribution is 0.0378. The van der Waals surface area contributed by atoms with Gasteiger partial charge in [0.05, 0.1) is 25.5 Å². The summed E-state index contributed by atoms with van der Waals surface area (Å²) < 4.78 is 10.3. The Kier molecular flexibility index (Phi) is 6.89. The van der Waals surface area contributed by atoms with Gasteiger partial charge in [0, 0.05) is 25.8 Å². The molecule has 0 spiro atoms. The molecule has 0 unspecified atom stereocenters. The molecule has 1 N–H and O–H groups in total. The molecule has 2 rings (SSSR count). The third kappa shape index (κ3) is 5.12. The molecule has 1 aromatic heterocycles. The van der Waals surface area contributed by atoms with E-state index in [-0.39, 0.29) is 5.97 Å². The van der Waals surface area contributed by atoms with E-state index < -0.39 is 0 Å². The summed E-state index contributed by atoms with van der Waals surface area (Å²) in [5, 5.41) is 3.60. The van der Waals surface area contributed by atoms with Crippen LogP contribution in [0.2, 0.25) is 5.15 Å². The van der Waals surface area contributed by atoms with Gasteiger partial charge in [-0.05, 0) is 26.0 Å². The molecular formula is C15H22ClN3O3. The summed E-state index contributed by atoms with van der Waals surface area (Å²) in [5.74, 6) is -0.387. The molecule has 0 bridgehead atoms. The van der Waals surface area contributed by atoms with Gasteiger partial charge in [-0.1, -0.05) is 11.6 Å². The summed E-state index contributed by atoms with van der Waals surface area (Å²) in [6.45, 7) is 7.44. The first kappa shape index (κ1) is 17.0. The van der Waals surface area contributed by atoms with Crippen LogP contribution in [0, 0.1) is 0 Å². The minimum absolute atomic E-state index is 0.331. The Morgan fingerprint density at radius 3 is 3.00 bits per heavy atom. The zero-order valence-electron chi connectivity index (χ0n) is 12.8. The molecule has 122 valence electrons. The molecule has 1 saturated heterocycles. The van der Waals surface area contributed by atoms with Gasteiger partial charge in [0.1, 0.15) is 10.7 Å². The topological polar surface area (TPSA) is 63.7 Å². The zero-order chi connectivity index (χ0) is 15.8. The summed E-state index contributed by atoms with van der Waals surface area (Å²) in [6.07, 6.45) is 2.42. The van der Waals surface area contributed by atoms with E-state index in [0.29, 0.717) is 23.0 Å². The zero-order valence-corrected chi connectivity index (χ0v) is 13.6. The second-order valence-electron chi connectivity index (χ2n) is 5.01. The van der Waals surface area contributed by atoms with Crippen molar-refractivity contribution >= 4 is 23.3 Å². The van der Waals surface area contributed by atoms with Crippen molar-refractivity contribution in [2.45, 2.75) is 13.3 Å². The van der Waals surface area contributed by atoms with E-state index in [1.807, 2.05) is 0 Å². The number of carbonyl (C=O) groups is 1. The van der Waals surface area contributed by atoms with E-state index in [1.54, 1.807) is 13.0 Å². The quantitative estimate of drug-likeness (QED) is 0.470. The highest BCUT2D eigenvalue weighted by molar-refractivity contribution is 6.29. The van der Waals surface area contributed by atoms with Crippen molar-refractivity contribution in [1.82, 2.24) is 9.88 Å². The third-order valence-electron chi connectivity index (χ3n) is 3.44. The Balaban J connectivity index is 1.85. The van der Waals surface area contributed by atoms with Gasteiger partial charge in [0.2, 0.25) is 0 Å². The van der Waals surface area contributed by atoms with Crippen LogP contribution in [0.4, 0.5) is 5.69 Å². The van der Waals surface area contributed by atoms with E-state index in [1.165, 1.54) is 6.20 Å². The molecule has 0 saturated carbocycles. The number of anilines is 1. The van der Waals surface area contributed by atoms with Crippen molar-refractivity contribution in [2.24, 2.45) is 0 Å². The van der Waals surface area contributed by atoms with Gasteiger partial charge in [-0.3, -0.25) is 4.90 Å². The maximum absolute atomic E-state index is 11.9. The molecule has 0 aromatic carbocycles. The van der Waals surface area contributed by atoms with Crippen molar-refractivity contribution < 1.29 is 14.3 Å². The minimum Gasteiger partial charge on any atom is -0.462 e. The van der Waals surface area contributed by atoms with Gasteiger partial charge in [0.15, 0.2) is 0 Å². The molecule has 0 amide bonds. The standard InChI is InChI=1S/C15H22ClN3O3/c1-2-22-15(20)12-11-18-14(16)10-13(12)17-4-3-5-19-6-8-21-9-7-19/h10-11H,2-9H2,1H3,(H,17,18). The Hall–Kier alpha value is -1.37. The summed E-state index contributed by atoms with van der Waals surface area (Å²) in [4.78, 5) is 18.2. The molecule has 0 radical (unpaired) electrons. The number of aromatic nitrogens is 1. The van der Waals surface area contributed by atoms with Crippen LogP contribution >= 0.6 is 11.6 Å². The van der Waals surface area contributed by atoms with Crippen LogP contribution in [0.15, 0.2) is 12.3 Å². The fraction of sp³-hybridized carbons (Fsp3) is 0.600. The number of esters is 1. The number of ether oxygens (including phenoxy) is 2. The van der Waals surface area contributed by atoms with Crippen LogP contribution in [0.3, 0.4) is 0 Å². The second-order valence-corrected chi connectivity index (χ2v) is 5.39. The monoisotopic (exact) mass is 327 g/mol. The average molecular weight is 328 g/mol. The van der Waals surface area contributed by atoms with Crippen LogP contribution in [0.1, 0.15) is 23.7 Å². The third-order valence-corrected chi connectivity index (χ3v) is 3.64. The van der Waals surface area contributed by atoms with Gasteiger partial charge in [-0.15, -0.1) is 0 Å². The van der Waals surface area contributed by atoms with Gasteiger partial charge in [-0.2, -0.15) is 0 Å².